The van der Waals surface area contributed by atoms with Gasteiger partial charge in [-0.3, -0.25) is 0 Å². The van der Waals surface area contributed by atoms with E-state index in [-0.39, 0.29) is 0 Å². The van der Waals surface area contributed by atoms with Crippen molar-refractivity contribution in [1.29, 1.82) is 0 Å². The minimum Gasteiger partial charge on any atom is -0.497 e. The number of alkyl halides is 1. The first-order chi connectivity index (χ1) is 8.04. The zero-order valence-corrected chi connectivity index (χ0v) is 13.8. The largest absolute Gasteiger partial charge is 0.497 e. The summed E-state index contributed by atoms with van der Waals surface area (Å²) in [4.78, 5) is 0.617. The molecule has 96 valence electrons. The quantitative estimate of drug-likeness (QED) is 0.631. The summed E-state index contributed by atoms with van der Waals surface area (Å²) in [5, 5.41) is 0. The Bertz CT molecular complexity index is 350. The molecule has 0 saturated carbocycles. The summed E-state index contributed by atoms with van der Waals surface area (Å²) in [7, 11) is 1.71. The van der Waals surface area contributed by atoms with Gasteiger partial charge in [-0.2, -0.15) is 0 Å². The van der Waals surface area contributed by atoms with Crippen molar-refractivity contribution in [2.45, 2.75) is 37.9 Å². The minimum atomic E-state index is 0.617. The molecule has 17 heavy (non-hydrogen) atoms. The predicted octanol–water partition coefficient (Wildman–Crippen LogP) is 5.20. The molecule has 0 aliphatic carbocycles. The van der Waals surface area contributed by atoms with Crippen LogP contribution in [0.15, 0.2) is 22.7 Å². The van der Waals surface area contributed by atoms with Gasteiger partial charge in [0.25, 0.3) is 0 Å². The van der Waals surface area contributed by atoms with Crippen LogP contribution in [0.25, 0.3) is 0 Å². The maximum absolute atomic E-state index is 5.25. The highest BCUT2D eigenvalue weighted by Gasteiger charge is 2.09. The molecule has 1 rings (SSSR count). The molecule has 0 saturated heterocycles. The van der Waals surface area contributed by atoms with Crippen molar-refractivity contribution in [3.63, 3.8) is 0 Å². The third-order valence-electron chi connectivity index (χ3n) is 2.90. The molecule has 0 aliphatic rings. The number of hydrogen-bond donors (Lipinski definition) is 0. The average molecular weight is 364 g/mol. The van der Waals surface area contributed by atoms with Crippen molar-refractivity contribution in [2.24, 2.45) is 5.92 Å². The Morgan fingerprint density at radius 2 is 2.00 bits per heavy atom. The molecule has 0 spiro atoms. The van der Waals surface area contributed by atoms with Crippen LogP contribution in [0.4, 0.5) is 0 Å². The summed E-state index contributed by atoms with van der Waals surface area (Å²) in [6, 6.07) is 6.15. The first-order valence-electron chi connectivity index (χ1n) is 6.01. The average Bonchev–Trinajstić information content (AvgIpc) is 2.31. The first-order valence-corrected chi connectivity index (χ1v) is 7.72. The first kappa shape index (κ1) is 15.0. The van der Waals surface area contributed by atoms with Crippen LogP contribution >= 0.6 is 31.9 Å². The van der Waals surface area contributed by atoms with Crippen LogP contribution in [0.5, 0.6) is 5.75 Å². The van der Waals surface area contributed by atoms with Gasteiger partial charge in [0.2, 0.25) is 0 Å². The van der Waals surface area contributed by atoms with E-state index in [1.807, 2.05) is 6.07 Å². The van der Waals surface area contributed by atoms with Gasteiger partial charge in [0.1, 0.15) is 5.75 Å². The molecule has 1 unspecified atom stereocenters. The van der Waals surface area contributed by atoms with Gasteiger partial charge in [-0.15, -0.1) is 0 Å². The van der Waals surface area contributed by atoms with Gasteiger partial charge in [0.15, 0.2) is 0 Å². The summed E-state index contributed by atoms with van der Waals surface area (Å²) in [6.07, 6.45) is 3.49. The lowest BCUT2D eigenvalue weighted by molar-refractivity contribution is 0.414. The molecule has 0 fully saturated rings. The summed E-state index contributed by atoms with van der Waals surface area (Å²) < 4.78 is 6.42. The fraction of sp³-hybridized carbons (Fsp3) is 0.571. The fourth-order valence-electron chi connectivity index (χ4n) is 1.69. The number of methoxy groups -OCH3 is 1. The molecule has 1 aromatic carbocycles. The summed E-state index contributed by atoms with van der Waals surface area (Å²) >= 11 is 7.31. The van der Waals surface area contributed by atoms with Gasteiger partial charge < -0.3 is 4.74 Å². The van der Waals surface area contributed by atoms with Crippen LogP contribution in [-0.4, -0.2) is 11.9 Å². The second kappa shape index (κ2) is 7.42. The van der Waals surface area contributed by atoms with Crippen molar-refractivity contribution in [1.82, 2.24) is 0 Å². The third kappa shape index (κ3) is 5.01. The summed E-state index contributed by atoms with van der Waals surface area (Å²) in [5.74, 6) is 1.63. The molecule has 1 atom stereocenters. The molecule has 0 aromatic heterocycles. The van der Waals surface area contributed by atoms with Gasteiger partial charge in [0, 0.05) is 9.30 Å². The highest BCUT2D eigenvalue weighted by molar-refractivity contribution is 9.10. The van der Waals surface area contributed by atoms with Crippen LogP contribution in [0, 0.1) is 5.92 Å². The van der Waals surface area contributed by atoms with Gasteiger partial charge in [-0.05, 0) is 48.9 Å². The predicted molar refractivity (Wildman–Crippen MR) is 81.2 cm³/mol. The van der Waals surface area contributed by atoms with Crippen molar-refractivity contribution in [3.8, 4) is 5.75 Å². The van der Waals surface area contributed by atoms with E-state index in [2.05, 4.69) is 57.8 Å². The van der Waals surface area contributed by atoms with E-state index in [1.54, 1.807) is 7.11 Å². The van der Waals surface area contributed by atoms with Gasteiger partial charge in [-0.1, -0.05) is 45.7 Å². The molecule has 0 heterocycles. The van der Waals surface area contributed by atoms with Crippen molar-refractivity contribution < 1.29 is 4.74 Å². The molecule has 3 heteroatoms. The number of ether oxygens (including phenoxy) is 1. The second-order valence-corrected chi connectivity index (χ2v) is 6.64. The van der Waals surface area contributed by atoms with Gasteiger partial charge in [0.05, 0.1) is 7.11 Å². The fourth-order valence-corrected chi connectivity index (χ4v) is 2.46. The minimum absolute atomic E-state index is 0.617. The zero-order valence-electron chi connectivity index (χ0n) is 10.7. The highest BCUT2D eigenvalue weighted by Crippen LogP contribution is 2.25. The number of rotatable bonds is 6. The Kier molecular flexibility index (Phi) is 6.57. The maximum Gasteiger partial charge on any atom is 0.119 e. The number of halogens is 2. The molecular formula is C14H20Br2O. The smallest absolute Gasteiger partial charge is 0.119 e. The number of benzene rings is 1. The molecule has 0 N–H and O–H groups in total. The van der Waals surface area contributed by atoms with Crippen LogP contribution < -0.4 is 4.74 Å². The Labute approximate surface area is 121 Å². The van der Waals surface area contributed by atoms with E-state index in [4.69, 9.17) is 4.74 Å². The van der Waals surface area contributed by atoms with E-state index in [0.717, 1.165) is 12.2 Å². The van der Waals surface area contributed by atoms with Gasteiger partial charge >= 0.3 is 0 Å². The van der Waals surface area contributed by atoms with Crippen LogP contribution in [0.1, 0.15) is 32.3 Å². The highest BCUT2D eigenvalue weighted by atomic mass is 79.9. The maximum atomic E-state index is 5.25. The lowest BCUT2D eigenvalue weighted by Crippen LogP contribution is -2.07. The third-order valence-corrected chi connectivity index (χ3v) is 5.19. The molecular weight excluding hydrogens is 344 g/mol. The van der Waals surface area contributed by atoms with E-state index in [0.29, 0.717) is 10.7 Å². The Morgan fingerprint density at radius 1 is 1.29 bits per heavy atom. The Hall–Kier alpha value is -0.0200. The summed E-state index contributed by atoms with van der Waals surface area (Å²) in [6.45, 7) is 4.50. The lowest BCUT2D eigenvalue weighted by Gasteiger charge is -2.13. The zero-order chi connectivity index (χ0) is 12.8. The van der Waals surface area contributed by atoms with Gasteiger partial charge in [-0.25, -0.2) is 0 Å². The standard InChI is InChI=1S/C14H20Br2O/c1-10(2)13(15)6-4-5-11-9-12(17-3)7-8-14(11)16/h7-10,13H,4-6H2,1-3H3. The number of aryl methyl sites for hydroxylation is 1. The second-order valence-electron chi connectivity index (χ2n) is 4.61. The number of hydrogen-bond acceptors (Lipinski definition) is 1. The van der Waals surface area contributed by atoms with Crippen molar-refractivity contribution in [3.05, 3.63) is 28.2 Å². The van der Waals surface area contributed by atoms with E-state index in [1.165, 1.54) is 22.9 Å². The lowest BCUT2D eigenvalue weighted by atomic mass is 10.0. The van der Waals surface area contributed by atoms with Crippen LogP contribution in [-0.2, 0) is 6.42 Å². The monoisotopic (exact) mass is 362 g/mol. The molecule has 0 bridgehead atoms. The SMILES string of the molecule is COc1ccc(Br)c(CCCC(Br)C(C)C)c1. The van der Waals surface area contributed by atoms with Crippen LogP contribution in [0.3, 0.4) is 0 Å². The summed E-state index contributed by atoms with van der Waals surface area (Å²) in [5.41, 5.74) is 1.33. The molecule has 1 nitrogen and oxygen atoms in total. The van der Waals surface area contributed by atoms with Crippen molar-refractivity contribution in [2.75, 3.05) is 7.11 Å². The van der Waals surface area contributed by atoms with Crippen LogP contribution in [0.2, 0.25) is 0 Å². The van der Waals surface area contributed by atoms with E-state index < -0.39 is 0 Å². The molecule has 0 amide bonds. The van der Waals surface area contributed by atoms with Crippen molar-refractivity contribution >= 4 is 31.9 Å². The normalized spacial score (nSPS) is 12.8. The molecule has 0 aliphatic heterocycles. The Balaban J connectivity index is 2.51. The Morgan fingerprint density at radius 3 is 2.59 bits per heavy atom. The van der Waals surface area contributed by atoms with E-state index >= 15 is 0 Å². The topological polar surface area (TPSA) is 9.23 Å². The molecule has 1 aromatic rings. The molecule has 0 radical (unpaired) electrons. The van der Waals surface area contributed by atoms with E-state index in [9.17, 15) is 0 Å².